The first kappa shape index (κ1) is 26.5. The highest BCUT2D eigenvalue weighted by Gasteiger charge is 2.48. The van der Waals surface area contributed by atoms with Gasteiger partial charge in [-0.3, -0.25) is 9.78 Å². The standard InChI is InChI=1S/C25H27F4N5O3S/c1-24(2)11-16(17-13-31-20-10-19(26)32-34(20)21(17)24)15-4-5-18(30-12-15)22(25(27,28)29)33(3)23(35)14-6-8-38(36,37)9-7-14/h4-5,10,12-14,16,22H,6-9,11H2,1-3H3/t16-,22+/m1/s1. The summed E-state index contributed by atoms with van der Waals surface area (Å²) in [6.07, 6.45) is -1.17. The van der Waals surface area contributed by atoms with Crippen molar-refractivity contribution < 1.29 is 30.8 Å². The molecule has 4 heterocycles. The third-order valence-corrected chi connectivity index (χ3v) is 9.37. The Morgan fingerprint density at radius 2 is 1.84 bits per heavy atom. The van der Waals surface area contributed by atoms with Gasteiger partial charge in [-0.2, -0.15) is 17.6 Å². The van der Waals surface area contributed by atoms with Crippen LogP contribution < -0.4 is 0 Å². The second-order valence-electron chi connectivity index (χ2n) is 10.8. The molecule has 0 N–H and O–H groups in total. The summed E-state index contributed by atoms with van der Waals surface area (Å²) < 4.78 is 81.2. The molecule has 0 unspecified atom stereocenters. The fourth-order valence-corrected chi connectivity index (χ4v) is 7.28. The predicted molar refractivity (Wildman–Crippen MR) is 130 cm³/mol. The predicted octanol–water partition coefficient (Wildman–Crippen LogP) is 3.96. The Hall–Kier alpha value is -3.09. The van der Waals surface area contributed by atoms with Crippen molar-refractivity contribution in [2.24, 2.45) is 5.92 Å². The summed E-state index contributed by atoms with van der Waals surface area (Å²) in [7, 11) is -2.18. The molecule has 0 radical (unpaired) electrons. The second-order valence-corrected chi connectivity index (χ2v) is 13.1. The van der Waals surface area contributed by atoms with Gasteiger partial charge in [-0.15, -0.1) is 5.10 Å². The second kappa shape index (κ2) is 8.99. The lowest BCUT2D eigenvalue weighted by molar-refractivity contribution is -0.191. The van der Waals surface area contributed by atoms with Crippen molar-refractivity contribution >= 4 is 21.4 Å². The van der Waals surface area contributed by atoms with Gasteiger partial charge in [0, 0.05) is 48.3 Å². The van der Waals surface area contributed by atoms with Gasteiger partial charge in [0.1, 0.15) is 9.84 Å². The molecule has 1 saturated heterocycles. The monoisotopic (exact) mass is 553 g/mol. The smallest absolute Gasteiger partial charge is 0.328 e. The summed E-state index contributed by atoms with van der Waals surface area (Å²) in [6, 6.07) is 1.80. The topological polar surface area (TPSA) is 97.5 Å². The van der Waals surface area contributed by atoms with Crippen LogP contribution in [0.5, 0.6) is 0 Å². The molecule has 204 valence electrons. The summed E-state index contributed by atoms with van der Waals surface area (Å²) in [5.74, 6) is -2.86. The van der Waals surface area contributed by atoms with E-state index in [1.165, 1.54) is 22.8 Å². The number of hydrogen-bond acceptors (Lipinski definition) is 6. The molecular formula is C25H27F4N5O3S. The molecule has 3 aromatic rings. The number of carbonyl (C=O) groups excluding carboxylic acids is 1. The summed E-state index contributed by atoms with van der Waals surface area (Å²) in [5.41, 5.74) is 1.88. The maximum atomic E-state index is 14.2. The third kappa shape index (κ3) is 4.65. The van der Waals surface area contributed by atoms with Crippen LogP contribution in [0.3, 0.4) is 0 Å². The van der Waals surface area contributed by atoms with Crippen LogP contribution in [0, 0.1) is 11.9 Å². The molecule has 0 saturated carbocycles. The first-order chi connectivity index (χ1) is 17.7. The highest BCUT2D eigenvalue weighted by molar-refractivity contribution is 7.91. The number of pyridine rings is 1. The zero-order chi connectivity index (χ0) is 27.6. The Bertz CT molecular complexity index is 1490. The molecule has 2 aliphatic rings. The molecule has 0 spiro atoms. The molecule has 3 aromatic heterocycles. The molecule has 38 heavy (non-hydrogen) atoms. The Morgan fingerprint density at radius 3 is 2.45 bits per heavy atom. The molecule has 5 rings (SSSR count). The number of fused-ring (bicyclic) bond motifs is 3. The van der Waals surface area contributed by atoms with E-state index in [0.29, 0.717) is 22.5 Å². The molecule has 13 heteroatoms. The van der Waals surface area contributed by atoms with Gasteiger partial charge in [-0.25, -0.2) is 17.9 Å². The van der Waals surface area contributed by atoms with Gasteiger partial charge in [0.15, 0.2) is 11.7 Å². The molecule has 2 atom stereocenters. The molecule has 1 amide bonds. The van der Waals surface area contributed by atoms with Crippen molar-refractivity contribution in [1.29, 1.82) is 0 Å². The van der Waals surface area contributed by atoms with Crippen LogP contribution in [-0.4, -0.2) is 63.5 Å². The number of aromatic nitrogens is 4. The molecule has 1 aliphatic carbocycles. The minimum absolute atomic E-state index is 0.000774. The van der Waals surface area contributed by atoms with E-state index >= 15 is 0 Å². The van der Waals surface area contributed by atoms with Gasteiger partial charge in [0.25, 0.3) is 0 Å². The summed E-state index contributed by atoms with van der Waals surface area (Å²) in [6.45, 7) is 3.98. The van der Waals surface area contributed by atoms with Crippen LogP contribution in [0.2, 0.25) is 0 Å². The first-order valence-corrected chi connectivity index (χ1v) is 14.0. The Kier molecular flexibility index (Phi) is 6.27. The fraction of sp³-hybridized carbons (Fsp3) is 0.520. The largest absolute Gasteiger partial charge is 0.414 e. The van der Waals surface area contributed by atoms with E-state index in [1.807, 2.05) is 13.8 Å². The molecule has 1 aliphatic heterocycles. The number of amides is 1. The minimum Gasteiger partial charge on any atom is -0.328 e. The molecule has 8 nitrogen and oxygen atoms in total. The maximum Gasteiger partial charge on any atom is 0.414 e. The highest BCUT2D eigenvalue weighted by Crippen LogP contribution is 2.48. The average molecular weight is 554 g/mol. The van der Waals surface area contributed by atoms with E-state index in [9.17, 15) is 30.8 Å². The maximum absolute atomic E-state index is 14.2. The quantitative estimate of drug-likeness (QED) is 0.454. The fourth-order valence-electron chi connectivity index (χ4n) is 5.79. The van der Waals surface area contributed by atoms with Crippen molar-refractivity contribution in [3.05, 3.63) is 59.1 Å². The lowest BCUT2D eigenvalue weighted by Gasteiger charge is -2.33. The van der Waals surface area contributed by atoms with Crippen molar-refractivity contribution in [2.75, 3.05) is 18.6 Å². The van der Waals surface area contributed by atoms with Crippen molar-refractivity contribution in [2.45, 2.75) is 56.7 Å². The van der Waals surface area contributed by atoms with Crippen LogP contribution in [0.4, 0.5) is 17.6 Å². The number of sulfone groups is 1. The van der Waals surface area contributed by atoms with Crippen LogP contribution in [0.1, 0.15) is 67.6 Å². The number of alkyl halides is 3. The molecule has 0 aromatic carbocycles. The van der Waals surface area contributed by atoms with Crippen molar-refractivity contribution in [3.63, 3.8) is 0 Å². The van der Waals surface area contributed by atoms with E-state index in [2.05, 4.69) is 15.1 Å². The number of carbonyl (C=O) groups is 1. The zero-order valence-electron chi connectivity index (χ0n) is 21.0. The van der Waals surface area contributed by atoms with Crippen LogP contribution in [-0.2, 0) is 20.0 Å². The summed E-state index contributed by atoms with van der Waals surface area (Å²) >= 11 is 0. The Labute approximate surface area is 217 Å². The Morgan fingerprint density at radius 1 is 1.16 bits per heavy atom. The van der Waals surface area contributed by atoms with Gasteiger partial charge < -0.3 is 4.90 Å². The number of nitrogens with zero attached hydrogens (tertiary/aromatic N) is 5. The van der Waals surface area contributed by atoms with Crippen molar-refractivity contribution in [3.8, 4) is 0 Å². The van der Waals surface area contributed by atoms with Gasteiger partial charge in [0.2, 0.25) is 11.9 Å². The van der Waals surface area contributed by atoms with E-state index in [4.69, 9.17) is 0 Å². The van der Waals surface area contributed by atoms with E-state index in [1.54, 1.807) is 12.3 Å². The SMILES string of the molecule is CN(C(=O)C1CCS(=O)(=O)CC1)[C@@H](c1ccc([C@H]2CC(C)(C)c3c2cnc2cc(F)nn32)cn1)C(F)(F)F. The van der Waals surface area contributed by atoms with Gasteiger partial charge in [-0.05, 0) is 30.9 Å². The minimum atomic E-state index is -4.79. The highest BCUT2D eigenvalue weighted by atomic mass is 32.2. The van der Waals surface area contributed by atoms with Crippen LogP contribution >= 0.6 is 0 Å². The van der Waals surface area contributed by atoms with E-state index < -0.39 is 45.2 Å². The summed E-state index contributed by atoms with van der Waals surface area (Å²) in [4.78, 5) is 22.0. The van der Waals surface area contributed by atoms with Crippen LogP contribution in [0.25, 0.3) is 5.65 Å². The van der Waals surface area contributed by atoms with Gasteiger partial charge >= 0.3 is 6.18 Å². The Balaban J connectivity index is 1.44. The number of hydrogen-bond donors (Lipinski definition) is 0. The number of halogens is 4. The van der Waals surface area contributed by atoms with Gasteiger partial charge in [-0.1, -0.05) is 19.9 Å². The van der Waals surface area contributed by atoms with E-state index in [0.717, 1.165) is 18.3 Å². The molecular weight excluding hydrogens is 526 g/mol. The average Bonchev–Trinajstić information content (AvgIpc) is 3.33. The lowest BCUT2D eigenvalue weighted by atomic mass is 9.87. The van der Waals surface area contributed by atoms with Crippen molar-refractivity contribution in [1.82, 2.24) is 24.5 Å². The lowest BCUT2D eigenvalue weighted by Crippen LogP contribution is -2.44. The zero-order valence-corrected chi connectivity index (χ0v) is 21.9. The number of rotatable bonds is 4. The van der Waals surface area contributed by atoms with Crippen LogP contribution in [0.15, 0.2) is 30.6 Å². The molecule has 1 fully saturated rings. The van der Waals surface area contributed by atoms with E-state index in [-0.39, 0.29) is 36.0 Å². The third-order valence-electron chi connectivity index (χ3n) is 7.65. The first-order valence-electron chi connectivity index (χ1n) is 12.2. The van der Waals surface area contributed by atoms with Gasteiger partial charge in [0.05, 0.1) is 22.9 Å². The molecule has 0 bridgehead atoms. The summed E-state index contributed by atoms with van der Waals surface area (Å²) in [5, 5.41) is 3.93. The normalized spacial score (nSPS) is 21.8.